The van der Waals surface area contributed by atoms with Crippen molar-refractivity contribution in [2.45, 2.75) is 82.3 Å². The zero-order valence-electron chi connectivity index (χ0n) is 20.7. The van der Waals surface area contributed by atoms with Crippen LogP contribution < -0.4 is 14.8 Å². The van der Waals surface area contributed by atoms with E-state index in [1.54, 1.807) is 6.92 Å². The lowest BCUT2D eigenvalue weighted by molar-refractivity contribution is -0.168. The molecule has 2 heterocycles. The number of cyclic esters (lactones) is 1. The summed E-state index contributed by atoms with van der Waals surface area (Å²) in [5.41, 5.74) is -0.220. The molecule has 0 spiro atoms. The molecule has 1 aliphatic heterocycles. The number of pyridine rings is 1. The highest BCUT2D eigenvalue weighted by Gasteiger charge is 2.38. The molecule has 1 aromatic heterocycles. The number of esters is 1. The number of amides is 1. The SMILES string of the molecule is COc1ccnc(C(=O)NC2CCC[C@H](Oc3ccccc3)[C@@H](OC3CCCC3)[C@H](C)OC2=O)c1O. The summed E-state index contributed by atoms with van der Waals surface area (Å²) in [6.45, 7) is 1.80. The van der Waals surface area contributed by atoms with Gasteiger partial charge in [-0.05, 0) is 51.2 Å². The molecule has 2 aliphatic rings. The van der Waals surface area contributed by atoms with Gasteiger partial charge in [-0.1, -0.05) is 31.0 Å². The number of para-hydroxylation sites is 1. The summed E-state index contributed by atoms with van der Waals surface area (Å²) in [5.74, 6) is -0.781. The van der Waals surface area contributed by atoms with Crippen LogP contribution in [0.2, 0.25) is 0 Å². The lowest BCUT2D eigenvalue weighted by Gasteiger charge is -2.33. The number of carbonyl (C=O) groups excluding carboxylic acids is 2. The molecular weight excluding hydrogens is 464 g/mol. The Balaban J connectivity index is 1.51. The van der Waals surface area contributed by atoms with Gasteiger partial charge in [0.25, 0.3) is 5.91 Å². The molecule has 9 nitrogen and oxygen atoms in total. The summed E-state index contributed by atoms with van der Waals surface area (Å²) in [7, 11) is 1.38. The lowest BCUT2D eigenvalue weighted by atomic mass is 10.0. The summed E-state index contributed by atoms with van der Waals surface area (Å²) in [5, 5.41) is 13.0. The molecule has 2 aromatic rings. The van der Waals surface area contributed by atoms with Gasteiger partial charge in [0.15, 0.2) is 17.2 Å². The predicted octanol–water partition coefficient (Wildman–Crippen LogP) is 3.79. The Bertz CT molecular complexity index is 1030. The Morgan fingerprint density at radius 1 is 1.08 bits per heavy atom. The van der Waals surface area contributed by atoms with Gasteiger partial charge in [-0.3, -0.25) is 4.79 Å². The second-order valence-electron chi connectivity index (χ2n) is 9.29. The zero-order chi connectivity index (χ0) is 25.5. The van der Waals surface area contributed by atoms with Crippen LogP contribution in [0.1, 0.15) is 62.4 Å². The van der Waals surface area contributed by atoms with E-state index in [1.165, 1.54) is 19.4 Å². The van der Waals surface area contributed by atoms with E-state index in [0.717, 1.165) is 31.4 Å². The second-order valence-corrected chi connectivity index (χ2v) is 9.29. The monoisotopic (exact) mass is 498 g/mol. The van der Waals surface area contributed by atoms with Crippen molar-refractivity contribution in [2.75, 3.05) is 7.11 Å². The second kappa shape index (κ2) is 12.1. The van der Waals surface area contributed by atoms with Crippen molar-refractivity contribution in [3.63, 3.8) is 0 Å². The standard InChI is InChI=1S/C27H34N2O7/c1-17-25(36-19-11-6-7-12-19)22(35-18-9-4-3-5-10-18)14-8-13-20(27(32)34-17)29-26(31)23-24(30)21(33-2)15-16-28-23/h3-5,9-10,15-17,19-20,22,25,30H,6-8,11-14H2,1-2H3,(H,29,31)/t17-,20?,22-,25-/m0/s1. The first-order chi connectivity index (χ1) is 17.5. The molecule has 0 bridgehead atoms. The van der Waals surface area contributed by atoms with Crippen molar-refractivity contribution in [3.8, 4) is 17.2 Å². The van der Waals surface area contributed by atoms with E-state index in [0.29, 0.717) is 19.3 Å². The van der Waals surface area contributed by atoms with Crippen molar-refractivity contribution < 1.29 is 33.6 Å². The fourth-order valence-corrected chi connectivity index (χ4v) is 4.81. The maximum absolute atomic E-state index is 13.1. The number of aromatic hydroxyl groups is 1. The van der Waals surface area contributed by atoms with E-state index in [4.69, 9.17) is 18.9 Å². The summed E-state index contributed by atoms with van der Waals surface area (Å²) in [4.78, 5) is 29.9. The van der Waals surface area contributed by atoms with Crippen LogP contribution in [-0.2, 0) is 14.3 Å². The smallest absolute Gasteiger partial charge is 0.329 e. The highest BCUT2D eigenvalue weighted by molar-refractivity contribution is 5.97. The third-order valence-electron chi connectivity index (χ3n) is 6.71. The highest BCUT2D eigenvalue weighted by Crippen LogP contribution is 2.30. The van der Waals surface area contributed by atoms with E-state index in [-0.39, 0.29) is 29.4 Å². The van der Waals surface area contributed by atoms with Crippen LogP contribution in [0.25, 0.3) is 0 Å². The fraction of sp³-hybridized carbons (Fsp3) is 0.519. The molecule has 1 saturated heterocycles. The molecule has 1 aliphatic carbocycles. The summed E-state index contributed by atoms with van der Waals surface area (Å²) in [6, 6.07) is 10.1. The molecule has 1 amide bonds. The Labute approximate surface area is 211 Å². The van der Waals surface area contributed by atoms with Crippen LogP contribution in [-0.4, -0.2) is 59.5 Å². The Morgan fingerprint density at radius 3 is 2.56 bits per heavy atom. The third kappa shape index (κ3) is 6.26. The minimum absolute atomic E-state index is 0.108. The van der Waals surface area contributed by atoms with Crippen LogP contribution in [0.5, 0.6) is 17.2 Å². The molecule has 9 heteroatoms. The number of hydrogen-bond donors (Lipinski definition) is 2. The van der Waals surface area contributed by atoms with Crippen molar-refractivity contribution in [1.29, 1.82) is 0 Å². The lowest BCUT2D eigenvalue weighted by Crippen LogP contribution is -2.47. The number of carbonyl (C=O) groups is 2. The average molecular weight is 499 g/mol. The van der Waals surface area contributed by atoms with Crippen molar-refractivity contribution in [2.24, 2.45) is 0 Å². The molecule has 4 rings (SSSR count). The van der Waals surface area contributed by atoms with E-state index in [9.17, 15) is 14.7 Å². The average Bonchev–Trinajstić information content (AvgIpc) is 3.40. The Kier molecular flexibility index (Phi) is 8.64. The highest BCUT2D eigenvalue weighted by atomic mass is 16.6. The number of hydrogen-bond acceptors (Lipinski definition) is 8. The van der Waals surface area contributed by atoms with Crippen molar-refractivity contribution in [1.82, 2.24) is 10.3 Å². The number of rotatable bonds is 7. The van der Waals surface area contributed by atoms with Gasteiger partial charge < -0.3 is 29.4 Å². The first-order valence-electron chi connectivity index (χ1n) is 12.6. The maximum atomic E-state index is 13.1. The minimum Gasteiger partial charge on any atom is -0.503 e. The maximum Gasteiger partial charge on any atom is 0.329 e. The normalized spacial score (nSPS) is 25.2. The van der Waals surface area contributed by atoms with Crippen LogP contribution in [0.3, 0.4) is 0 Å². The Hall–Kier alpha value is -3.33. The largest absolute Gasteiger partial charge is 0.503 e. The first-order valence-corrected chi connectivity index (χ1v) is 12.6. The number of aromatic nitrogens is 1. The van der Waals surface area contributed by atoms with Gasteiger partial charge in [-0.15, -0.1) is 0 Å². The summed E-state index contributed by atoms with van der Waals surface area (Å²) in [6.07, 6.45) is 5.84. The molecule has 4 atom stereocenters. The molecule has 194 valence electrons. The van der Waals surface area contributed by atoms with Gasteiger partial charge in [0, 0.05) is 12.3 Å². The van der Waals surface area contributed by atoms with E-state index in [1.807, 2.05) is 30.3 Å². The van der Waals surface area contributed by atoms with E-state index >= 15 is 0 Å². The number of nitrogens with zero attached hydrogens (tertiary/aromatic N) is 1. The topological polar surface area (TPSA) is 116 Å². The summed E-state index contributed by atoms with van der Waals surface area (Å²) < 4.78 is 23.7. The fourth-order valence-electron chi connectivity index (χ4n) is 4.81. The number of ether oxygens (including phenoxy) is 4. The van der Waals surface area contributed by atoms with Gasteiger partial charge in [0.05, 0.1) is 13.2 Å². The molecule has 1 aromatic carbocycles. The van der Waals surface area contributed by atoms with Gasteiger partial charge in [0.1, 0.15) is 30.1 Å². The zero-order valence-corrected chi connectivity index (χ0v) is 20.7. The van der Waals surface area contributed by atoms with Crippen molar-refractivity contribution in [3.05, 3.63) is 48.3 Å². The predicted molar refractivity (Wildman–Crippen MR) is 131 cm³/mol. The van der Waals surface area contributed by atoms with Gasteiger partial charge in [0.2, 0.25) is 0 Å². The molecule has 2 fully saturated rings. The summed E-state index contributed by atoms with van der Waals surface area (Å²) >= 11 is 0. The number of nitrogens with one attached hydrogen (secondary N) is 1. The number of benzene rings is 1. The number of methoxy groups -OCH3 is 1. The molecular formula is C27H34N2O7. The van der Waals surface area contributed by atoms with Crippen LogP contribution >= 0.6 is 0 Å². The van der Waals surface area contributed by atoms with Gasteiger partial charge >= 0.3 is 5.97 Å². The Morgan fingerprint density at radius 2 is 1.83 bits per heavy atom. The molecule has 0 radical (unpaired) electrons. The quantitative estimate of drug-likeness (QED) is 0.554. The van der Waals surface area contributed by atoms with E-state index < -0.39 is 30.1 Å². The molecule has 2 N–H and O–H groups in total. The molecule has 1 unspecified atom stereocenters. The van der Waals surface area contributed by atoms with Gasteiger partial charge in [-0.2, -0.15) is 0 Å². The van der Waals surface area contributed by atoms with E-state index in [2.05, 4.69) is 10.3 Å². The third-order valence-corrected chi connectivity index (χ3v) is 6.71. The van der Waals surface area contributed by atoms with Gasteiger partial charge in [-0.25, -0.2) is 9.78 Å². The first kappa shape index (κ1) is 25.8. The van der Waals surface area contributed by atoms with Crippen molar-refractivity contribution >= 4 is 11.9 Å². The van der Waals surface area contributed by atoms with Crippen LogP contribution in [0.15, 0.2) is 42.6 Å². The molecule has 1 saturated carbocycles. The van der Waals surface area contributed by atoms with Crippen LogP contribution in [0.4, 0.5) is 0 Å². The minimum atomic E-state index is -0.907. The van der Waals surface area contributed by atoms with Crippen LogP contribution in [0, 0.1) is 0 Å². The molecule has 36 heavy (non-hydrogen) atoms.